The van der Waals surface area contributed by atoms with Crippen LogP contribution in [0.1, 0.15) is 18.4 Å². The van der Waals surface area contributed by atoms with Gasteiger partial charge in [-0.05, 0) is 28.7 Å². The Labute approximate surface area is 137 Å². The fourth-order valence-electron chi connectivity index (χ4n) is 3.21. The summed E-state index contributed by atoms with van der Waals surface area (Å²) in [6.07, 6.45) is 17.7. The number of ether oxygens (including phenoxy) is 1. The number of rotatable bonds is 1. The molecule has 1 heterocycles. The van der Waals surface area contributed by atoms with E-state index in [0.717, 1.165) is 5.76 Å². The number of hydrogen-bond acceptors (Lipinski definition) is 1. The maximum absolute atomic E-state index is 6.08. The predicted octanol–water partition coefficient (Wildman–Crippen LogP) is 5.24. The lowest BCUT2D eigenvalue weighted by Crippen LogP contribution is -2.11. The van der Waals surface area contributed by atoms with Crippen molar-refractivity contribution in [1.82, 2.24) is 0 Å². The second kappa shape index (κ2) is 5.92. The minimum absolute atomic E-state index is 0.256. The molecular formula is C22H20O. The summed E-state index contributed by atoms with van der Waals surface area (Å²) >= 11 is 0. The molecule has 0 amide bonds. The van der Waals surface area contributed by atoms with Gasteiger partial charge in [0.05, 0.1) is 0 Å². The summed E-state index contributed by atoms with van der Waals surface area (Å²) < 4.78 is 6.08. The van der Waals surface area contributed by atoms with Crippen molar-refractivity contribution in [1.29, 1.82) is 0 Å². The van der Waals surface area contributed by atoms with Gasteiger partial charge < -0.3 is 4.74 Å². The standard InChI is InChI=1S/C22H20O/c1-16-10-12-19-15-23-22-14-18(17-6-3-2-4-7-17)8-5-9-21(22)20(19)13-11-16/h2-14,16,18H,15H2,1H3. The molecule has 0 saturated heterocycles. The third kappa shape index (κ3) is 2.75. The Kier molecular flexibility index (Phi) is 3.63. The smallest absolute Gasteiger partial charge is 0.124 e. The molecule has 2 aliphatic carbocycles. The average molecular weight is 300 g/mol. The highest BCUT2D eigenvalue weighted by molar-refractivity contribution is 5.60. The van der Waals surface area contributed by atoms with Crippen molar-refractivity contribution in [2.24, 2.45) is 5.92 Å². The van der Waals surface area contributed by atoms with Crippen molar-refractivity contribution in [3.05, 3.63) is 107 Å². The molecule has 4 rings (SSSR count). The normalized spacial score (nSPS) is 25.6. The molecule has 0 bridgehead atoms. The Bertz CT molecular complexity index is 785. The van der Waals surface area contributed by atoms with E-state index in [0.29, 0.717) is 12.5 Å². The zero-order valence-corrected chi connectivity index (χ0v) is 13.3. The summed E-state index contributed by atoms with van der Waals surface area (Å²) in [6.45, 7) is 2.85. The van der Waals surface area contributed by atoms with Crippen LogP contribution in [-0.2, 0) is 4.74 Å². The maximum atomic E-state index is 6.08. The van der Waals surface area contributed by atoms with Gasteiger partial charge in [0.15, 0.2) is 0 Å². The fraction of sp³-hybridized carbons (Fsp3) is 0.182. The molecule has 1 aromatic carbocycles. The van der Waals surface area contributed by atoms with E-state index in [1.165, 1.54) is 22.3 Å². The van der Waals surface area contributed by atoms with E-state index in [-0.39, 0.29) is 5.92 Å². The average Bonchev–Trinajstić information content (AvgIpc) is 2.91. The molecule has 2 unspecified atom stereocenters. The van der Waals surface area contributed by atoms with Crippen LogP contribution in [0.15, 0.2) is 101 Å². The lowest BCUT2D eigenvalue weighted by atomic mass is 9.93. The molecule has 0 N–H and O–H groups in total. The monoisotopic (exact) mass is 300 g/mol. The first-order valence-electron chi connectivity index (χ1n) is 8.19. The molecule has 0 saturated carbocycles. The van der Waals surface area contributed by atoms with Gasteiger partial charge in [0, 0.05) is 11.5 Å². The van der Waals surface area contributed by atoms with Crippen molar-refractivity contribution < 1.29 is 4.74 Å². The van der Waals surface area contributed by atoms with E-state index < -0.39 is 0 Å². The Hall–Kier alpha value is -2.54. The number of allylic oxidation sites excluding steroid dienone is 8. The van der Waals surface area contributed by atoms with Crippen molar-refractivity contribution in [3.63, 3.8) is 0 Å². The molecule has 0 aromatic heterocycles. The summed E-state index contributed by atoms with van der Waals surface area (Å²) in [5.41, 5.74) is 5.04. The Morgan fingerprint density at radius 3 is 2.70 bits per heavy atom. The second-order valence-corrected chi connectivity index (χ2v) is 6.24. The minimum Gasteiger partial charge on any atom is -0.489 e. The molecule has 0 fully saturated rings. The van der Waals surface area contributed by atoms with Gasteiger partial charge in [0.2, 0.25) is 0 Å². The first kappa shape index (κ1) is 14.1. The van der Waals surface area contributed by atoms with Gasteiger partial charge in [-0.2, -0.15) is 0 Å². The van der Waals surface area contributed by atoms with Gasteiger partial charge in [-0.25, -0.2) is 0 Å². The maximum Gasteiger partial charge on any atom is 0.124 e. The SMILES string of the molecule is CC1C=CC2=C(C=C1)C1=CC=CC(c3ccccc3)C=C1OC2. The lowest BCUT2D eigenvalue weighted by molar-refractivity contribution is 0.242. The second-order valence-electron chi connectivity index (χ2n) is 6.24. The Balaban J connectivity index is 1.74. The third-order valence-corrected chi connectivity index (χ3v) is 4.55. The highest BCUT2D eigenvalue weighted by atomic mass is 16.5. The van der Waals surface area contributed by atoms with E-state index in [1.807, 2.05) is 0 Å². The van der Waals surface area contributed by atoms with Gasteiger partial charge >= 0.3 is 0 Å². The molecule has 1 aliphatic heterocycles. The molecule has 1 nitrogen and oxygen atoms in total. The molecule has 1 aromatic rings. The summed E-state index contributed by atoms with van der Waals surface area (Å²) in [7, 11) is 0. The largest absolute Gasteiger partial charge is 0.489 e. The van der Waals surface area contributed by atoms with Crippen LogP contribution in [-0.4, -0.2) is 6.61 Å². The number of fused-ring (bicyclic) bond motifs is 2. The van der Waals surface area contributed by atoms with Gasteiger partial charge in [0.25, 0.3) is 0 Å². The Morgan fingerprint density at radius 2 is 1.83 bits per heavy atom. The van der Waals surface area contributed by atoms with Crippen molar-refractivity contribution in [3.8, 4) is 0 Å². The highest BCUT2D eigenvalue weighted by Crippen LogP contribution is 2.36. The number of benzene rings is 1. The lowest BCUT2D eigenvalue weighted by Gasteiger charge is -2.23. The van der Waals surface area contributed by atoms with Crippen LogP contribution in [0.5, 0.6) is 0 Å². The van der Waals surface area contributed by atoms with E-state index in [2.05, 4.69) is 85.9 Å². The van der Waals surface area contributed by atoms with Crippen molar-refractivity contribution >= 4 is 0 Å². The van der Waals surface area contributed by atoms with E-state index in [9.17, 15) is 0 Å². The molecule has 0 radical (unpaired) electrons. The molecule has 114 valence electrons. The molecule has 0 spiro atoms. The molecule has 23 heavy (non-hydrogen) atoms. The summed E-state index contributed by atoms with van der Waals surface area (Å²) in [4.78, 5) is 0. The highest BCUT2D eigenvalue weighted by Gasteiger charge is 2.23. The van der Waals surface area contributed by atoms with Crippen LogP contribution < -0.4 is 0 Å². The molecule has 2 atom stereocenters. The van der Waals surface area contributed by atoms with Crippen LogP contribution in [0.2, 0.25) is 0 Å². The third-order valence-electron chi connectivity index (χ3n) is 4.55. The molecule has 1 heteroatoms. The quantitative estimate of drug-likeness (QED) is 0.689. The van der Waals surface area contributed by atoms with Crippen molar-refractivity contribution in [2.45, 2.75) is 12.8 Å². The van der Waals surface area contributed by atoms with Gasteiger partial charge in [-0.3, -0.25) is 0 Å². The summed E-state index contributed by atoms with van der Waals surface area (Å²) in [5.74, 6) is 1.72. The Morgan fingerprint density at radius 1 is 1.00 bits per heavy atom. The van der Waals surface area contributed by atoms with E-state index in [4.69, 9.17) is 4.74 Å². The van der Waals surface area contributed by atoms with Crippen molar-refractivity contribution in [2.75, 3.05) is 6.61 Å². The van der Waals surface area contributed by atoms with Gasteiger partial charge in [0.1, 0.15) is 12.4 Å². The topological polar surface area (TPSA) is 9.23 Å². The molecule has 3 aliphatic rings. The van der Waals surface area contributed by atoms with E-state index >= 15 is 0 Å². The van der Waals surface area contributed by atoms with Crippen LogP contribution >= 0.6 is 0 Å². The van der Waals surface area contributed by atoms with Crippen LogP contribution in [0.25, 0.3) is 0 Å². The number of hydrogen-bond donors (Lipinski definition) is 0. The summed E-state index contributed by atoms with van der Waals surface area (Å²) in [5, 5.41) is 0. The summed E-state index contributed by atoms with van der Waals surface area (Å²) in [6, 6.07) is 10.6. The van der Waals surface area contributed by atoms with Crippen LogP contribution in [0, 0.1) is 5.92 Å². The van der Waals surface area contributed by atoms with Crippen LogP contribution in [0.4, 0.5) is 0 Å². The van der Waals surface area contributed by atoms with Gasteiger partial charge in [-0.1, -0.05) is 79.8 Å². The van der Waals surface area contributed by atoms with Crippen LogP contribution in [0.3, 0.4) is 0 Å². The minimum atomic E-state index is 0.256. The fourth-order valence-corrected chi connectivity index (χ4v) is 3.21. The zero-order chi connectivity index (χ0) is 15.6. The van der Waals surface area contributed by atoms with E-state index in [1.54, 1.807) is 0 Å². The van der Waals surface area contributed by atoms with Gasteiger partial charge in [-0.15, -0.1) is 0 Å². The first-order valence-corrected chi connectivity index (χ1v) is 8.19. The first-order chi connectivity index (χ1) is 11.3. The molecular weight excluding hydrogens is 280 g/mol. The zero-order valence-electron chi connectivity index (χ0n) is 13.3. The predicted molar refractivity (Wildman–Crippen MR) is 94.9 cm³/mol.